The van der Waals surface area contributed by atoms with Gasteiger partial charge in [0.05, 0.1) is 0 Å². The number of nitrogens with one attached hydrogen (secondary N) is 1. The van der Waals surface area contributed by atoms with Gasteiger partial charge in [0.1, 0.15) is 0 Å². The van der Waals surface area contributed by atoms with Crippen molar-refractivity contribution in [3.05, 3.63) is 35.4 Å². The Labute approximate surface area is 126 Å². The van der Waals surface area contributed by atoms with E-state index in [1.165, 1.54) is 17.5 Å². The molecule has 3 unspecified atom stereocenters. The molecule has 1 aromatic carbocycles. The summed E-state index contributed by atoms with van der Waals surface area (Å²) in [7, 11) is 0. The van der Waals surface area contributed by atoms with E-state index in [0.717, 1.165) is 32.1 Å². The molecule has 0 aliphatic heterocycles. The first-order valence-electron chi connectivity index (χ1n) is 8.17. The second kappa shape index (κ2) is 5.80. The van der Waals surface area contributed by atoms with Crippen LogP contribution in [0.2, 0.25) is 0 Å². The number of aliphatic hydroxyl groups is 1. The highest BCUT2D eigenvalue weighted by Gasteiger charge is 2.60. The van der Waals surface area contributed by atoms with E-state index in [0.29, 0.717) is 0 Å². The van der Waals surface area contributed by atoms with Crippen LogP contribution in [0.1, 0.15) is 50.2 Å². The minimum atomic E-state index is 0.121. The molecule has 0 saturated heterocycles. The van der Waals surface area contributed by atoms with Gasteiger partial charge < -0.3 is 10.4 Å². The maximum absolute atomic E-state index is 12.5. The summed E-state index contributed by atoms with van der Waals surface area (Å²) in [4.78, 5) is 12.5. The molecule has 0 heterocycles. The molecule has 2 N–H and O–H groups in total. The Balaban J connectivity index is 1.67. The Bertz CT molecular complexity index is 528. The van der Waals surface area contributed by atoms with Crippen molar-refractivity contribution in [1.82, 2.24) is 5.32 Å². The van der Waals surface area contributed by atoms with Crippen LogP contribution in [-0.2, 0) is 16.6 Å². The monoisotopic (exact) mass is 287 g/mol. The van der Waals surface area contributed by atoms with E-state index in [-0.39, 0.29) is 29.9 Å². The van der Waals surface area contributed by atoms with Crippen LogP contribution in [0.25, 0.3) is 0 Å². The van der Waals surface area contributed by atoms with E-state index >= 15 is 0 Å². The third-order valence-corrected chi connectivity index (χ3v) is 5.20. The van der Waals surface area contributed by atoms with Crippen LogP contribution in [0.4, 0.5) is 0 Å². The Kier molecular flexibility index (Phi) is 4.03. The van der Waals surface area contributed by atoms with E-state index in [2.05, 4.69) is 29.6 Å². The van der Waals surface area contributed by atoms with E-state index < -0.39 is 0 Å². The lowest BCUT2D eigenvalue weighted by molar-refractivity contribution is -0.123. The third kappa shape index (κ3) is 2.71. The number of rotatable bonds is 5. The van der Waals surface area contributed by atoms with Gasteiger partial charge in [-0.1, -0.05) is 24.3 Å². The molecule has 2 aliphatic rings. The summed E-state index contributed by atoms with van der Waals surface area (Å²) in [5.41, 5.74) is 2.97. The van der Waals surface area contributed by atoms with Crippen molar-refractivity contribution < 1.29 is 9.90 Å². The van der Waals surface area contributed by atoms with E-state index in [9.17, 15) is 4.79 Å². The lowest BCUT2D eigenvalue weighted by atomic mass is 9.78. The number of amides is 1. The SMILES string of the molecule is CC(CCCO)NC(=O)C1CC12CCCc1ccccc12. The van der Waals surface area contributed by atoms with Crippen molar-refractivity contribution in [1.29, 1.82) is 0 Å². The molecule has 114 valence electrons. The molecule has 3 rings (SSSR count). The van der Waals surface area contributed by atoms with Crippen molar-refractivity contribution in [2.75, 3.05) is 6.61 Å². The van der Waals surface area contributed by atoms with Gasteiger partial charge in [-0.25, -0.2) is 0 Å². The molecule has 0 bridgehead atoms. The standard InChI is InChI=1S/C18H25NO2/c1-13(6-5-11-20)19-17(21)16-12-18(16)10-4-8-14-7-2-3-9-15(14)18/h2-3,7,9,13,16,20H,4-6,8,10-12H2,1H3,(H,19,21). The average molecular weight is 287 g/mol. The molecule has 1 fully saturated rings. The fourth-order valence-corrected chi connectivity index (χ4v) is 3.99. The molecular formula is C18H25NO2. The number of hydrogen-bond acceptors (Lipinski definition) is 2. The van der Waals surface area contributed by atoms with Crippen LogP contribution in [0.3, 0.4) is 0 Å². The molecule has 1 amide bonds. The summed E-state index contributed by atoms with van der Waals surface area (Å²) in [6.45, 7) is 2.22. The zero-order valence-electron chi connectivity index (χ0n) is 12.8. The topological polar surface area (TPSA) is 49.3 Å². The maximum Gasteiger partial charge on any atom is 0.224 e. The Morgan fingerprint density at radius 2 is 2.29 bits per heavy atom. The van der Waals surface area contributed by atoms with Crippen LogP contribution < -0.4 is 5.32 Å². The predicted octanol–water partition coefficient (Wildman–Crippen LogP) is 2.56. The van der Waals surface area contributed by atoms with E-state index in [4.69, 9.17) is 5.11 Å². The van der Waals surface area contributed by atoms with Gasteiger partial charge in [-0.15, -0.1) is 0 Å². The van der Waals surface area contributed by atoms with Crippen LogP contribution >= 0.6 is 0 Å². The highest BCUT2D eigenvalue weighted by molar-refractivity contribution is 5.85. The van der Waals surface area contributed by atoms with Gasteiger partial charge in [0.2, 0.25) is 5.91 Å². The first-order chi connectivity index (χ1) is 10.2. The fourth-order valence-electron chi connectivity index (χ4n) is 3.99. The van der Waals surface area contributed by atoms with Crippen molar-refractivity contribution in [2.45, 2.75) is 56.9 Å². The Hall–Kier alpha value is -1.35. The normalized spacial score (nSPS) is 28.0. The molecule has 3 heteroatoms. The van der Waals surface area contributed by atoms with Crippen LogP contribution in [0.5, 0.6) is 0 Å². The Morgan fingerprint density at radius 1 is 1.48 bits per heavy atom. The minimum Gasteiger partial charge on any atom is -0.396 e. The second-order valence-electron chi connectivity index (χ2n) is 6.70. The first kappa shape index (κ1) is 14.6. The number of carbonyl (C=O) groups is 1. The van der Waals surface area contributed by atoms with Crippen LogP contribution in [0, 0.1) is 5.92 Å². The summed E-state index contributed by atoms with van der Waals surface area (Å²) in [5, 5.41) is 12.0. The molecule has 3 atom stereocenters. The first-order valence-corrected chi connectivity index (χ1v) is 8.17. The van der Waals surface area contributed by atoms with Gasteiger partial charge in [-0.05, 0) is 56.6 Å². The summed E-state index contributed by atoms with van der Waals surface area (Å²) in [6.07, 6.45) is 6.09. The zero-order valence-corrected chi connectivity index (χ0v) is 12.8. The summed E-state index contributed by atoms with van der Waals surface area (Å²) in [5.74, 6) is 0.354. The van der Waals surface area contributed by atoms with Gasteiger partial charge in [0, 0.05) is 24.0 Å². The second-order valence-corrected chi connectivity index (χ2v) is 6.70. The van der Waals surface area contributed by atoms with Gasteiger partial charge in [-0.3, -0.25) is 4.79 Å². The van der Waals surface area contributed by atoms with Crippen molar-refractivity contribution in [3.8, 4) is 0 Å². The van der Waals surface area contributed by atoms with Crippen molar-refractivity contribution in [3.63, 3.8) is 0 Å². The summed E-state index contributed by atoms with van der Waals surface area (Å²) < 4.78 is 0. The third-order valence-electron chi connectivity index (χ3n) is 5.20. The van der Waals surface area contributed by atoms with Crippen molar-refractivity contribution in [2.24, 2.45) is 5.92 Å². The molecule has 1 aromatic rings. The number of aliphatic hydroxyl groups excluding tert-OH is 1. The minimum absolute atomic E-state index is 0.121. The highest BCUT2D eigenvalue weighted by Crippen LogP contribution is 2.60. The van der Waals surface area contributed by atoms with Gasteiger partial charge >= 0.3 is 0 Å². The van der Waals surface area contributed by atoms with Crippen molar-refractivity contribution >= 4 is 5.91 Å². The van der Waals surface area contributed by atoms with E-state index in [1.54, 1.807) is 0 Å². The van der Waals surface area contributed by atoms with Gasteiger partial charge in [0.25, 0.3) is 0 Å². The highest BCUT2D eigenvalue weighted by atomic mass is 16.3. The molecule has 3 nitrogen and oxygen atoms in total. The Morgan fingerprint density at radius 3 is 3.10 bits per heavy atom. The molecule has 0 aromatic heterocycles. The molecule has 2 aliphatic carbocycles. The van der Waals surface area contributed by atoms with Gasteiger partial charge in [-0.2, -0.15) is 0 Å². The number of hydrogen-bond donors (Lipinski definition) is 2. The molecule has 1 saturated carbocycles. The lowest BCUT2D eigenvalue weighted by Gasteiger charge is -2.26. The largest absolute Gasteiger partial charge is 0.396 e. The smallest absolute Gasteiger partial charge is 0.224 e. The quantitative estimate of drug-likeness (QED) is 0.874. The molecule has 0 radical (unpaired) electrons. The zero-order chi connectivity index (χ0) is 14.9. The predicted molar refractivity (Wildman–Crippen MR) is 83.1 cm³/mol. The number of carbonyl (C=O) groups excluding carboxylic acids is 1. The average Bonchev–Trinajstić information content (AvgIpc) is 3.21. The number of aryl methyl sites for hydroxylation is 1. The maximum atomic E-state index is 12.5. The van der Waals surface area contributed by atoms with Gasteiger partial charge in [0.15, 0.2) is 0 Å². The summed E-state index contributed by atoms with van der Waals surface area (Å²) >= 11 is 0. The van der Waals surface area contributed by atoms with Crippen LogP contribution in [0.15, 0.2) is 24.3 Å². The number of benzene rings is 1. The summed E-state index contributed by atoms with van der Waals surface area (Å²) in [6, 6.07) is 8.79. The van der Waals surface area contributed by atoms with Crippen LogP contribution in [-0.4, -0.2) is 23.7 Å². The lowest BCUT2D eigenvalue weighted by Crippen LogP contribution is -2.36. The fraction of sp³-hybridized carbons (Fsp3) is 0.611. The molecular weight excluding hydrogens is 262 g/mol. The van der Waals surface area contributed by atoms with E-state index in [1.807, 2.05) is 6.92 Å². The number of fused-ring (bicyclic) bond motifs is 2. The molecule has 1 spiro atoms. The molecule has 21 heavy (non-hydrogen) atoms.